The van der Waals surface area contributed by atoms with Gasteiger partial charge in [0, 0.05) is 5.92 Å². The molecule has 0 aliphatic carbocycles. The van der Waals surface area contributed by atoms with Crippen LogP contribution in [0.3, 0.4) is 0 Å². The molecule has 0 spiro atoms. The Hall–Kier alpha value is -0.150. The van der Waals surface area contributed by atoms with E-state index in [1.807, 2.05) is 0 Å². The van der Waals surface area contributed by atoms with E-state index in [9.17, 15) is 0 Å². The van der Waals surface area contributed by atoms with Crippen molar-refractivity contribution in [2.24, 2.45) is 0 Å². The summed E-state index contributed by atoms with van der Waals surface area (Å²) in [6, 6.07) is 0. The van der Waals surface area contributed by atoms with Gasteiger partial charge in [0.1, 0.15) is 11.0 Å². The first-order chi connectivity index (χ1) is 7.13. The summed E-state index contributed by atoms with van der Waals surface area (Å²) < 4.78 is 0.835. The highest BCUT2D eigenvalue weighted by molar-refractivity contribution is 9.10. The molecule has 1 aromatic rings. The van der Waals surface area contributed by atoms with E-state index in [1.54, 1.807) is 0 Å². The molecule has 1 heterocycles. The molecule has 15 heavy (non-hydrogen) atoms. The van der Waals surface area contributed by atoms with Crippen LogP contribution in [0.5, 0.6) is 0 Å². The normalized spacial score (nSPS) is 11.1. The fourth-order valence-corrected chi connectivity index (χ4v) is 2.21. The van der Waals surface area contributed by atoms with E-state index in [2.05, 4.69) is 46.7 Å². The van der Waals surface area contributed by atoms with E-state index in [4.69, 9.17) is 11.6 Å². The van der Waals surface area contributed by atoms with E-state index >= 15 is 0 Å². The van der Waals surface area contributed by atoms with Gasteiger partial charge in [0.2, 0.25) is 0 Å². The third kappa shape index (κ3) is 2.91. The maximum absolute atomic E-state index is 6.06. The Kier molecular flexibility index (Phi) is 5.00. The molecule has 0 saturated carbocycles. The summed E-state index contributed by atoms with van der Waals surface area (Å²) in [5, 5.41) is 0.531. The second-order valence-corrected chi connectivity index (χ2v) is 4.65. The molecule has 0 radical (unpaired) electrons. The molecule has 0 saturated heterocycles. The molecular weight excluding hydrogens is 275 g/mol. The van der Waals surface area contributed by atoms with Crippen molar-refractivity contribution in [1.82, 2.24) is 9.97 Å². The molecule has 0 N–H and O–H groups in total. The van der Waals surface area contributed by atoms with E-state index in [0.29, 0.717) is 11.1 Å². The molecule has 0 bridgehead atoms. The minimum Gasteiger partial charge on any atom is -0.236 e. The smallest absolute Gasteiger partial charge is 0.147 e. The number of aryl methyl sites for hydroxylation is 1. The largest absolute Gasteiger partial charge is 0.236 e. The minimum atomic E-state index is 0.417. The maximum atomic E-state index is 6.06. The van der Waals surface area contributed by atoms with E-state index < -0.39 is 0 Å². The van der Waals surface area contributed by atoms with E-state index in [0.717, 1.165) is 35.3 Å². The summed E-state index contributed by atoms with van der Waals surface area (Å²) in [5.74, 6) is 1.30. The van der Waals surface area contributed by atoms with Crippen molar-refractivity contribution in [2.45, 2.75) is 46.0 Å². The molecular formula is C11H16BrClN2. The van der Waals surface area contributed by atoms with Gasteiger partial charge in [-0.2, -0.15) is 0 Å². The van der Waals surface area contributed by atoms with Crippen molar-refractivity contribution in [3.05, 3.63) is 21.1 Å². The van der Waals surface area contributed by atoms with Gasteiger partial charge in [0.15, 0.2) is 0 Å². The lowest BCUT2D eigenvalue weighted by atomic mass is 10.0. The SMILES string of the molecule is CCc1nc(C(CC)CC)nc(Cl)c1Br. The van der Waals surface area contributed by atoms with Crippen molar-refractivity contribution in [2.75, 3.05) is 0 Å². The van der Waals surface area contributed by atoms with Crippen molar-refractivity contribution in [3.8, 4) is 0 Å². The Morgan fingerprint density at radius 2 is 1.80 bits per heavy atom. The standard InChI is InChI=1S/C11H16BrClN2/c1-4-7(5-2)11-14-8(6-3)9(12)10(13)15-11/h7H,4-6H2,1-3H3. The average Bonchev–Trinajstić information content (AvgIpc) is 2.24. The van der Waals surface area contributed by atoms with Gasteiger partial charge in [0.05, 0.1) is 10.2 Å². The minimum absolute atomic E-state index is 0.417. The highest BCUT2D eigenvalue weighted by Crippen LogP contribution is 2.28. The molecule has 84 valence electrons. The molecule has 0 unspecified atom stereocenters. The molecule has 0 aromatic carbocycles. The Balaban J connectivity index is 3.15. The van der Waals surface area contributed by atoms with E-state index in [1.165, 1.54) is 0 Å². The van der Waals surface area contributed by atoms with Crippen molar-refractivity contribution < 1.29 is 0 Å². The van der Waals surface area contributed by atoms with E-state index in [-0.39, 0.29) is 0 Å². The third-order valence-electron chi connectivity index (χ3n) is 2.58. The Morgan fingerprint density at radius 1 is 1.20 bits per heavy atom. The lowest BCUT2D eigenvalue weighted by molar-refractivity contribution is 0.597. The Morgan fingerprint density at radius 3 is 2.27 bits per heavy atom. The van der Waals surface area contributed by atoms with Gasteiger partial charge in [-0.05, 0) is 35.2 Å². The zero-order valence-electron chi connectivity index (χ0n) is 9.35. The Bertz CT molecular complexity index is 338. The van der Waals surface area contributed by atoms with Crippen LogP contribution < -0.4 is 0 Å². The van der Waals surface area contributed by atoms with Crippen molar-refractivity contribution in [1.29, 1.82) is 0 Å². The molecule has 0 amide bonds. The first-order valence-corrected chi connectivity index (χ1v) is 6.52. The summed E-state index contributed by atoms with van der Waals surface area (Å²) in [4.78, 5) is 8.88. The summed E-state index contributed by atoms with van der Waals surface area (Å²) in [5.41, 5.74) is 0.997. The molecule has 1 rings (SSSR count). The van der Waals surface area contributed by atoms with Crippen LogP contribution >= 0.6 is 27.5 Å². The predicted molar refractivity (Wildman–Crippen MR) is 67.4 cm³/mol. The highest BCUT2D eigenvalue weighted by Gasteiger charge is 2.15. The molecule has 0 aliphatic rings. The van der Waals surface area contributed by atoms with Gasteiger partial charge in [-0.15, -0.1) is 0 Å². The van der Waals surface area contributed by atoms with Gasteiger partial charge >= 0.3 is 0 Å². The molecule has 0 aliphatic heterocycles. The topological polar surface area (TPSA) is 25.8 Å². The van der Waals surface area contributed by atoms with Crippen LogP contribution in [0.15, 0.2) is 4.47 Å². The van der Waals surface area contributed by atoms with Crippen LogP contribution in [0, 0.1) is 0 Å². The van der Waals surface area contributed by atoms with Crippen LogP contribution in [0.1, 0.15) is 51.0 Å². The third-order valence-corrected chi connectivity index (χ3v) is 3.92. The zero-order valence-corrected chi connectivity index (χ0v) is 11.7. The van der Waals surface area contributed by atoms with Gasteiger partial charge in [-0.25, -0.2) is 9.97 Å². The summed E-state index contributed by atoms with van der Waals surface area (Å²) in [7, 11) is 0. The number of aromatic nitrogens is 2. The highest BCUT2D eigenvalue weighted by atomic mass is 79.9. The first kappa shape index (κ1) is 12.9. The lowest BCUT2D eigenvalue weighted by Gasteiger charge is -2.13. The fourth-order valence-electron chi connectivity index (χ4n) is 1.55. The number of hydrogen-bond acceptors (Lipinski definition) is 2. The summed E-state index contributed by atoms with van der Waals surface area (Å²) in [6.45, 7) is 6.37. The van der Waals surface area contributed by atoms with Crippen LogP contribution in [0.4, 0.5) is 0 Å². The van der Waals surface area contributed by atoms with Crippen LogP contribution in [-0.4, -0.2) is 9.97 Å². The van der Waals surface area contributed by atoms with Gasteiger partial charge in [0.25, 0.3) is 0 Å². The molecule has 0 fully saturated rings. The fraction of sp³-hybridized carbons (Fsp3) is 0.636. The Labute approximate surface area is 105 Å². The van der Waals surface area contributed by atoms with Crippen LogP contribution in [0.2, 0.25) is 5.15 Å². The van der Waals surface area contributed by atoms with Gasteiger partial charge in [-0.3, -0.25) is 0 Å². The van der Waals surface area contributed by atoms with Gasteiger partial charge < -0.3 is 0 Å². The molecule has 4 heteroatoms. The van der Waals surface area contributed by atoms with Crippen LogP contribution in [-0.2, 0) is 6.42 Å². The van der Waals surface area contributed by atoms with Gasteiger partial charge in [-0.1, -0.05) is 32.4 Å². The molecule has 0 atom stereocenters. The lowest BCUT2D eigenvalue weighted by Crippen LogP contribution is -2.06. The van der Waals surface area contributed by atoms with Crippen molar-refractivity contribution >= 4 is 27.5 Å². The number of halogens is 2. The predicted octanol–water partition coefficient (Wildman–Crippen LogP) is 4.36. The maximum Gasteiger partial charge on any atom is 0.147 e. The number of nitrogens with zero attached hydrogens (tertiary/aromatic N) is 2. The van der Waals surface area contributed by atoms with Crippen molar-refractivity contribution in [3.63, 3.8) is 0 Å². The quantitative estimate of drug-likeness (QED) is 0.770. The first-order valence-electron chi connectivity index (χ1n) is 5.35. The monoisotopic (exact) mass is 290 g/mol. The second kappa shape index (κ2) is 5.80. The average molecular weight is 292 g/mol. The summed E-state index contributed by atoms with van der Waals surface area (Å²) in [6.07, 6.45) is 2.98. The van der Waals surface area contributed by atoms with Crippen LogP contribution in [0.25, 0.3) is 0 Å². The zero-order chi connectivity index (χ0) is 11.4. The molecule has 2 nitrogen and oxygen atoms in total. The second-order valence-electron chi connectivity index (χ2n) is 3.50. The number of rotatable bonds is 4. The molecule has 1 aromatic heterocycles. The summed E-state index contributed by atoms with van der Waals surface area (Å²) >= 11 is 9.47. The number of hydrogen-bond donors (Lipinski definition) is 0.